The number of carbonyl (C=O) groups excluding carboxylic acids is 1. The lowest BCUT2D eigenvalue weighted by Gasteiger charge is -2.14. The van der Waals surface area contributed by atoms with Gasteiger partial charge in [-0.15, -0.1) is 0 Å². The van der Waals surface area contributed by atoms with Crippen molar-refractivity contribution in [3.8, 4) is 0 Å². The molecule has 5 heteroatoms. The van der Waals surface area contributed by atoms with E-state index in [0.717, 1.165) is 17.7 Å². The van der Waals surface area contributed by atoms with E-state index in [1.54, 1.807) is 0 Å². The molecule has 0 saturated carbocycles. The molecule has 0 bridgehead atoms. The van der Waals surface area contributed by atoms with Gasteiger partial charge in [-0.1, -0.05) is 12.1 Å². The third-order valence-electron chi connectivity index (χ3n) is 2.85. The third-order valence-corrected chi connectivity index (χ3v) is 2.85. The van der Waals surface area contributed by atoms with Crippen LogP contribution in [0.2, 0.25) is 0 Å². The molecule has 1 heterocycles. The molecule has 1 aliphatic heterocycles. The van der Waals surface area contributed by atoms with E-state index in [9.17, 15) is 4.79 Å². The van der Waals surface area contributed by atoms with Gasteiger partial charge in [-0.2, -0.15) is 0 Å². The summed E-state index contributed by atoms with van der Waals surface area (Å²) in [6.45, 7) is 1.04. The lowest BCUT2D eigenvalue weighted by molar-refractivity contribution is -0.125. The molecule has 1 aliphatic rings. The summed E-state index contributed by atoms with van der Waals surface area (Å²) in [7, 11) is 0. The number of benzene rings is 1. The average molecular weight is 235 g/mol. The van der Waals surface area contributed by atoms with Crippen LogP contribution < -0.4 is 16.8 Å². The van der Waals surface area contributed by atoms with E-state index >= 15 is 0 Å². The first-order valence-electron chi connectivity index (χ1n) is 5.68. The molecule has 17 heavy (non-hydrogen) atoms. The Kier molecular flexibility index (Phi) is 3.73. The first kappa shape index (κ1) is 12.0. The van der Waals surface area contributed by atoms with Crippen molar-refractivity contribution in [3.63, 3.8) is 0 Å². The topological polar surface area (TPSA) is 90.4 Å². The van der Waals surface area contributed by atoms with Crippen molar-refractivity contribution in [1.82, 2.24) is 0 Å². The van der Waals surface area contributed by atoms with Crippen LogP contribution in [-0.4, -0.2) is 24.7 Å². The fourth-order valence-corrected chi connectivity index (χ4v) is 1.81. The highest BCUT2D eigenvalue weighted by atomic mass is 16.5. The summed E-state index contributed by atoms with van der Waals surface area (Å²) >= 11 is 0. The Hall–Kier alpha value is -1.43. The van der Waals surface area contributed by atoms with Crippen molar-refractivity contribution in [2.45, 2.75) is 25.1 Å². The fraction of sp³-hybridized carbons (Fsp3) is 0.417. The Morgan fingerprint density at radius 2 is 2.12 bits per heavy atom. The molecule has 1 saturated heterocycles. The maximum absolute atomic E-state index is 11.8. The summed E-state index contributed by atoms with van der Waals surface area (Å²) in [5.41, 5.74) is 13.0. The maximum atomic E-state index is 11.8. The maximum Gasteiger partial charge on any atom is 0.255 e. The van der Waals surface area contributed by atoms with Gasteiger partial charge >= 0.3 is 0 Å². The van der Waals surface area contributed by atoms with Crippen LogP contribution in [0.4, 0.5) is 5.69 Å². The Bertz CT molecular complexity index is 391. The molecule has 1 aromatic rings. The van der Waals surface area contributed by atoms with Gasteiger partial charge in [0.2, 0.25) is 0 Å². The van der Waals surface area contributed by atoms with Gasteiger partial charge in [0.25, 0.3) is 5.91 Å². The van der Waals surface area contributed by atoms with Gasteiger partial charge in [-0.25, -0.2) is 0 Å². The van der Waals surface area contributed by atoms with Gasteiger partial charge in [0, 0.05) is 24.9 Å². The van der Waals surface area contributed by atoms with E-state index in [1.807, 2.05) is 24.3 Å². The lowest BCUT2D eigenvalue weighted by Crippen LogP contribution is -2.40. The van der Waals surface area contributed by atoms with Crippen molar-refractivity contribution in [3.05, 3.63) is 29.8 Å². The van der Waals surface area contributed by atoms with Crippen LogP contribution in [0.15, 0.2) is 24.3 Å². The lowest BCUT2D eigenvalue weighted by atomic mass is 10.1. The number of hydrogen-bond donors (Lipinski definition) is 3. The molecule has 0 aromatic heterocycles. The Morgan fingerprint density at radius 1 is 1.41 bits per heavy atom. The first-order valence-corrected chi connectivity index (χ1v) is 5.68. The summed E-state index contributed by atoms with van der Waals surface area (Å²) in [6, 6.07) is 7.19. The highest BCUT2D eigenvalue weighted by Gasteiger charge is 2.31. The molecule has 0 aliphatic carbocycles. The van der Waals surface area contributed by atoms with Crippen LogP contribution in [-0.2, 0) is 16.1 Å². The third kappa shape index (κ3) is 2.82. The predicted octanol–water partition coefficient (Wildman–Crippen LogP) is 0.200. The molecule has 1 aromatic carbocycles. The Labute approximate surface area is 100 Å². The minimum atomic E-state index is -0.538. The van der Waals surface area contributed by atoms with Gasteiger partial charge in [-0.3, -0.25) is 4.79 Å². The number of carbonyl (C=O) groups is 1. The highest BCUT2D eigenvalue weighted by Crippen LogP contribution is 2.15. The molecule has 2 atom stereocenters. The van der Waals surface area contributed by atoms with E-state index in [4.69, 9.17) is 16.2 Å². The summed E-state index contributed by atoms with van der Waals surface area (Å²) in [5, 5.41) is 2.78. The number of rotatable bonds is 3. The molecule has 1 amide bonds. The summed E-state index contributed by atoms with van der Waals surface area (Å²) in [6.07, 6.45) is 0.189. The van der Waals surface area contributed by atoms with Gasteiger partial charge in [0.15, 0.2) is 6.10 Å². The monoisotopic (exact) mass is 235 g/mol. The van der Waals surface area contributed by atoms with E-state index in [1.165, 1.54) is 0 Å². The summed E-state index contributed by atoms with van der Waals surface area (Å²) < 4.78 is 5.29. The second-order valence-corrected chi connectivity index (χ2v) is 4.13. The smallest absolute Gasteiger partial charge is 0.255 e. The van der Waals surface area contributed by atoms with Crippen LogP contribution in [0.1, 0.15) is 12.0 Å². The summed E-state index contributed by atoms with van der Waals surface area (Å²) in [5.74, 6) is -0.185. The Morgan fingerprint density at radius 3 is 2.65 bits per heavy atom. The summed E-state index contributed by atoms with van der Waals surface area (Å²) in [4.78, 5) is 11.8. The molecule has 0 spiro atoms. The quantitative estimate of drug-likeness (QED) is 0.698. The number of nitrogens with two attached hydrogens (primary N) is 2. The van der Waals surface area contributed by atoms with Gasteiger partial charge in [0.1, 0.15) is 0 Å². The van der Waals surface area contributed by atoms with E-state index in [0.29, 0.717) is 13.2 Å². The number of amides is 1. The zero-order chi connectivity index (χ0) is 12.3. The standard InChI is InChI=1S/C12H17N3O2/c13-7-8-1-3-9(4-2-8)15-12(16)11-10(14)5-6-17-11/h1-4,10-11H,5-7,13-14H2,(H,15,16)/t10-,11+/m0/s1. The van der Waals surface area contributed by atoms with Crippen LogP contribution in [0.5, 0.6) is 0 Å². The minimum absolute atomic E-state index is 0.185. The van der Waals surface area contributed by atoms with E-state index in [2.05, 4.69) is 5.32 Å². The minimum Gasteiger partial charge on any atom is -0.367 e. The normalized spacial score (nSPS) is 23.6. The highest BCUT2D eigenvalue weighted by molar-refractivity contribution is 5.94. The van der Waals surface area contributed by atoms with Crippen LogP contribution in [0.25, 0.3) is 0 Å². The number of ether oxygens (including phenoxy) is 1. The van der Waals surface area contributed by atoms with Crippen molar-refractivity contribution < 1.29 is 9.53 Å². The van der Waals surface area contributed by atoms with Crippen LogP contribution in [0, 0.1) is 0 Å². The van der Waals surface area contributed by atoms with E-state index < -0.39 is 6.10 Å². The number of anilines is 1. The SMILES string of the molecule is NCc1ccc(NC(=O)[C@@H]2OCC[C@@H]2N)cc1. The predicted molar refractivity (Wildman–Crippen MR) is 65.3 cm³/mol. The zero-order valence-corrected chi connectivity index (χ0v) is 9.56. The molecule has 1 fully saturated rings. The largest absolute Gasteiger partial charge is 0.367 e. The molecule has 0 unspecified atom stereocenters. The van der Waals surface area contributed by atoms with E-state index in [-0.39, 0.29) is 11.9 Å². The number of hydrogen-bond acceptors (Lipinski definition) is 4. The van der Waals surface area contributed by atoms with Crippen molar-refractivity contribution in [2.75, 3.05) is 11.9 Å². The number of nitrogens with one attached hydrogen (secondary N) is 1. The second-order valence-electron chi connectivity index (χ2n) is 4.13. The first-order chi connectivity index (χ1) is 8.20. The molecule has 92 valence electrons. The molecular weight excluding hydrogens is 218 g/mol. The molecule has 5 N–H and O–H groups in total. The molecular formula is C12H17N3O2. The van der Waals surface area contributed by atoms with Crippen LogP contribution in [0.3, 0.4) is 0 Å². The second kappa shape index (κ2) is 5.27. The van der Waals surface area contributed by atoms with Crippen LogP contribution >= 0.6 is 0 Å². The average Bonchev–Trinajstić information content (AvgIpc) is 2.76. The zero-order valence-electron chi connectivity index (χ0n) is 9.56. The molecule has 5 nitrogen and oxygen atoms in total. The molecule has 0 radical (unpaired) electrons. The van der Waals surface area contributed by atoms with Crippen molar-refractivity contribution in [1.29, 1.82) is 0 Å². The molecule has 2 rings (SSSR count). The van der Waals surface area contributed by atoms with Gasteiger partial charge in [-0.05, 0) is 24.1 Å². The Balaban J connectivity index is 1.97. The van der Waals surface area contributed by atoms with Gasteiger partial charge in [0.05, 0.1) is 0 Å². The van der Waals surface area contributed by atoms with Crippen molar-refractivity contribution >= 4 is 11.6 Å². The van der Waals surface area contributed by atoms with Gasteiger partial charge < -0.3 is 21.5 Å². The van der Waals surface area contributed by atoms with Crippen molar-refractivity contribution in [2.24, 2.45) is 11.5 Å². The fourth-order valence-electron chi connectivity index (χ4n) is 1.81.